The molecule has 4 heteroatoms. The number of piperidine rings is 1. The third-order valence-corrected chi connectivity index (χ3v) is 3.90. The van der Waals surface area contributed by atoms with E-state index in [1.165, 1.54) is 0 Å². The Morgan fingerprint density at radius 1 is 1.05 bits per heavy atom. The summed E-state index contributed by atoms with van der Waals surface area (Å²) in [6, 6.07) is 0. The highest BCUT2D eigenvalue weighted by Gasteiger charge is 2.31. The predicted molar refractivity (Wildman–Crippen MR) is 81.3 cm³/mol. The predicted octanol–water partition coefficient (Wildman–Crippen LogP) is 2.53. The van der Waals surface area contributed by atoms with Crippen LogP contribution in [0.25, 0.3) is 0 Å². The molecule has 1 rings (SSSR count). The van der Waals surface area contributed by atoms with Gasteiger partial charge in [-0.1, -0.05) is 34.1 Å². The second-order valence-corrected chi connectivity index (χ2v) is 6.30. The molecule has 0 N–H and O–H groups in total. The van der Waals surface area contributed by atoms with E-state index in [0.717, 1.165) is 38.8 Å². The molecule has 0 radical (unpaired) electrons. The van der Waals surface area contributed by atoms with Crippen LogP contribution in [0.15, 0.2) is 0 Å². The molecule has 0 bridgehead atoms. The van der Waals surface area contributed by atoms with E-state index >= 15 is 0 Å². The summed E-state index contributed by atoms with van der Waals surface area (Å²) in [5.74, 6) is 0.381. The van der Waals surface area contributed by atoms with Crippen LogP contribution in [0.5, 0.6) is 0 Å². The van der Waals surface area contributed by atoms with Gasteiger partial charge in [0.25, 0.3) is 0 Å². The Morgan fingerprint density at radius 3 is 2.15 bits per heavy atom. The van der Waals surface area contributed by atoms with Gasteiger partial charge in [-0.25, -0.2) is 0 Å². The van der Waals surface area contributed by atoms with Gasteiger partial charge < -0.3 is 9.80 Å². The molecule has 0 aromatic heterocycles. The average Bonchev–Trinajstić information content (AvgIpc) is 2.40. The van der Waals surface area contributed by atoms with E-state index in [2.05, 4.69) is 20.8 Å². The highest BCUT2D eigenvalue weighted by Crippen LogP contribution is 2.21. The molecule has 1 heterocycles. The van der Waals surface area contributed by atoms with Crippen molar-refractivity contribution in [1.82, 2.24) is 9.80 Å². The van der Waals surface area contributed by atoms with Crippen molar-refractivity contribution in [2.75, 3.05) is 26.2 Å². The topological polar surface area (TPSA) is 40.6 Å². The smallest absolute Gasteiger partial charge is 0.312 e. The van der Waals surface area contributed by atoms with E-state index in [1.54, 1.807) is 9.80 Å². The number of hydrogen-bond acceptors (Lipinski definition) is 2. The first-order chi connectivity index (χ1) is 9.49. The van der Waals surface area contributed by atoms with Crippen LogP contribution in [0.1, 0.15) is 53.4 Å². The Morgan fingerprint density at radius 2 is 1.65 bits per heavy atom. The summed E-state index contributed by atoms with van der Waals surface area (Å²) in [5.41, 5.74) is 0. The Kier molecular flexibility index (Phi) is 7.03. The molecule has 116 valence electrons. The summed E-state index contributed by atoms with van der Waals surface area (Å²) in [7, 11) is 0. The first-order valence-corrected chi connectivity index (χ1v) is 8.07. The number of likely N-dealkylation sites (tertiary alicyclic amines) is 1. The lowest BCUT2D eigenvalue weighted by molar-refractivity contribution is -0.153. The normalized spacial score (nSPS) is 22.7. The third-order valence-electron chi connectivity index (χ3n) is 3.90. The van der Waals surface area contributed by atoms with Crippen LogP contribution in [0.4, 0.5) is 0 Å². The molecule has 1 fully saturated rings. The molecule has 4 nitrogen and oxygen atoms in total. The minimum absolute atomic E-state index is 0.298. The fourth-order valence-electron chi connectivity index (χ4n) is 3.03. The second-order valence-electron chi connectivity index (χ2n) is 6.30. The number of nitrogens with zero attached hydrogens (tertiary/aromatic N) is 2. The fourth-order valence-corrected chi connectivity index (χ4v) is 3.03. The monoisotopic (exact) mass is 282 g/mol. The minimum atomic E-state index is -0.304. The van der Waals surface area contributed by atoms with E-state index in [-0.39, 0.29) is 11.8 Å². The molecule has 2 amide bonds. The largest absolute Gasteiger partial charge is 0.334 e. The number of rotatable bonds is 5. The minimum Gasteiger partial charge on any atom is -0.334 e. The summed E-state index contributed by atoms with van der Waals surface area (Å²) in [6.07, 6.45) is 4.05. The lowest BCUT2D eigenvalue weighted by Crippen LogP contribution is -2.50. The second kappa shape index (κ2) is 8.28. The van der Waals surface area contributed by atoms with Crippen molar-refractivity contribution in [2.45, 2.75) is 53.4 Å². The SMILES string of the molecule is CCCCN(CCC)C(=O)C(=O)N1CC(C)CC(C)C1. The van der Waals surface area contributed by atoms with E-state index in [9.17, 15) is 9.59 Å². The van der Waals surface area contributed by atoms with E-state index in [1.807, 2.05) is 6.92 Å². The van der Waals surface area contributed by atoms with Crippen LogP contribution in [-0.4, -0.2) is 47.8 Å². The van der Waals surface area contributed by atoms with Crippen molar-refractivity contribution < 1.29 is 9.59 Å². The first kappa shape index (κ1) is 17.0. The van der Waals surface area contributed by atoms with Crippen molar-refractivity contribution in [3.63, 3.8) is 0 Å². The molecule has 0 aliphatic carbocycles. The zero-order chi connectivity index (χ0) is 15.1. The molecule has 1 saturated heterocycles. The number of carbonyl (C=O) groups excluding carboxylic acids is 2. The average molecular weight is 282 g/mol. The summed E-state index contributed by atoms with van der Waals surface area (Å²) in [4.78, 5) is 28.3. The van der Waals surface area contributed by atoms with Crippen LogP contribution >= 0.6 is 0 Å². The highest BCUT2D eigenvalue weighted by molar-refractivity contribution is 6.34. The Hall–Kier alpha value is -1.06. The maximum absolute atomic E-state index is 12.4. The molecule has 0 aromatic carbocycles. The van der Waals surface area contributed by atoms with Crippen LogP contribution in [0.2, 0.25) is 0 Å². The van der Waals surface area contributed by atoms with E-state index in [0.29, 0.717) is 24.9 Å². The summed E-state index contributed by atoms with van der Waals surface area (Å²) < 4.78 is 0. The van der Waals surface area contributed by atoms with E-state index < -0.39 is 0 Å². The van der Waals surface area contributed by atoms with Gasteiger partial charge in [0.05, 0.1) is 0 Å². The number of hydrogen-bond donors (Lipinski definition) is 0. The van der Waals surface area contributed by atoms with Crippen LogP contribution in [-0.2, 0) is 9.59 Å². The standard InChI is InChI=1S/C16H30N2O2/c1-5-7-9-17(8-6-2)15(19)16(20)18-11-13(3)10-14(4)12-18/h13-14H,5-12H2,1-4H3. The lowest BCUT2D eigenvalue weighted by atomic mass is 9.92. The van der Waals surface area contributed by atoms with Crippen molar-refractivity contribution in [3.8, 4) is 0 Å². The van der Waals surface area contributed by atoms with Gasteiger partial charge in [-0.05, 0) is 31.1 Å². The maximum atomic E-state index is 12.4. The molecule has 1 aliphatic rings. The molecule has 1 aliphatic heterocycles. The molecular formula is C16H30N2O2. The van der Waals surface area contributed by atoms with Gasteiger partial charge in [-0.3, -0.25) is 9.59 Å². The maximum Gasteiger partial charge on any atom is 0.312 e. The van der Waals surface area contributed by atoms with Gasteiger partial charge in [0.15, 0.2) is 0 Å². The summed E-state index contributed by atoms with van der Waals surface area (Å²) >= 11 is 0. The number of unbranched alkanes of at least 4 members (excludes halogenated alkanes) is 1. The first-order valence-electron chi connectivity index (χ1n) is 8.07. The van der Waals surface area contributed by atoms with Gasteiger partial charge in [0, 0.05) is 26.2 Å². The van der Waals surface area contributed by atoms with Crippen LogP contribution < -0.4 is 0 Å². The molecular weight excluding hydrogens is 252 g/mol. The van der Waals surface area contributed by atoms with Gasteiger partial charge in [0.1, 0.15) is 0 Å². The van der Waals surface area contributed by atoms with Gasteiger partial charge in [0.2, 0.25) is 0 Å². The Balaban J connectivity index is 2.64. The summed E-state index contributed by atoms with van der Waals surface area (Å²) in [5, 5.41) is 0. The fraction of sp³-hybridized carbons (Fsp3) is 0.875. The van der Waals surface area contributed by atoms with Gasteiger partial charge >= 0.3 is 11.8 Å². The van der Waals surface area contributed by atoms with Crippen molar-refractivity contribution >= 4 is 11.8 Å². The van der Waals surface area contributed by atoms with Crippen LogP contribution in [0.3, 0.4) is 0 Å². The molecule has 0 aromatic rings. The molecule has 2 atom stereocenters. The van der Waals surface area contributed by atoms with Crippen molar-refractivity contribution in [1.29, 1.82) is 0 Å². The van der Waals surface area contributed by atoms with Crippen LogP contribution in [0, 0.1) is 11.8 Å². The molecule has 0 spiro atoms. The third kappa shape index (κ3) is 4.80. The zero-order valence-electron chi connectivity index (χ0n) is 13.5. The van der Waals surface area contributed by atoms with Gasteiger partial charge in [-0.2, -0.15) is 0 Å². The summed E-state index contributed by atoms with van der Waals surface area (Å²) in [6.45, 7) is 11.3. The molecule has 20 heavy (non-hydrogen) atoms. The van der Waals surface area contributed by atoms with E-state index in [4.69, 9.17) is 0 Å². The van der Waals surface area contributed by atoms with Gasteiger partial charge in [-0.15, -0.1) is 0 Å². The van der Waals surface area contributed by atoms with Crippen molar-refractivity contribution in [3.05, 3.63) is 0 Å². The number of amides is 2. The zero-order valence-corrected chi connectivity index (χ0v) is 13.5. The highest BCUT2D eigenvalue weighted by atomic mass is 16.2. The Labute approximate surface area is 123 Å². The number of carbonyl (C=O) groups is 2. The molecule has 0 saturated carbocycles. The molecule has 2 unspecified atom stereocenters. The lowest BCUT2D eigenvalue weighted by Gasteiger charge is -2.35. The Bertz CT molecular complexity index is 320. The van der Waals surface area contributed by atoms with Crippen molar-refractivity contribution in [2.24, 2.45) is 11.8 Å². The quantitative estimate of drug-likeness (QED) is 0.727.